The van der Waals surface area contributed by atoms with Gasteiger partial charge in [-0.2, -0.15) is 5.10 Å². The molecule has 1 aliphatic rings. The summed E-state index contributed by atoms with van der Waals surface area (Å²) in [5.74, 6) is -0.606. The van der Waals surface area contributed by atoms with Crippen LogP contribution in [0.15, 0.2) is 54.6 Å². The van der Waals surface area contributed by atoms with Crippen molar-refractivity contribution in [2.24, 2.45) is 0 Å². The lowest BCUT2D eigenvalue weighted by Crippen LogP contribution is -2.50. The standard InChI is InChI=1S/C25H26FN5O/c1-15-12-27-23(17-6-4-3-5-7-17)14-31(15)13-18-10-22(20-9-8-19(32)11-21(20)26)28-25-24(18)16(2)29-30-25/h3-11,15,23,27,32H,12-14H2,1-2H3,(H,28,29,30)/t15-,23-/m1/s1. The first kappa shape index (κ1) is 20.6. The number of rotatable bonds is 4. The van der Waals surface area contributed by atoms with Crippen LogP contribution in [0.4, 0.5) is 4.39 Å². The second-order valence-corrected chi connectivity index (χ2v) is 8.51. The van der Waals surface area contributed by atoms with E-state index in [1.165, 1.54) is 11.6 Å². The van der Waals surface area contributed by atoms with Gasteiger partial charge in [0.15, 0.2) is 5.65 Å². The van der Waals surface area contributed by atoms with Gasteiger partial charge in [0, 0.05) is 48.7 Å². The van der Waals surface area contributed by atoms with Gasteiger partial charge in [-0.3, -0.25) is 10.00 Å². The van der Waals surface area contributed by atoms with Crippen LogP contribution >= 0.6 is 0 Å². The molecule has 6 nitrogen and oxygen atoms in total. The zero-order chi connectivity index (χ0) is 22.2. The van der Waals surface area contributed by atoms with Gasteiger partial charge in [-0.15, -0.1) is 0 Å². The Hall–Kier alpha value is -3.29. The van der Waals surface area contributed by atoms with Crippen LogP contribution in [0.3, 0.4) is 0 Å². The van der Waals surface area contributed by atoms with Gasteiger partial charge in [-0.05, 0) is 43.2 Å². The van der Waals surface area contributed by atoms with Crippen LogP contribution < -0.4 is 5.32 Å². The molecule has 4 aromatic rings. The van der Waals surface area contributed by atoms with E-state index in [4.69, 9.17) is 0 Å². The van der Waals surface area contributed by atoms with E-state index in [1.54, 1.807) is 6.07 Å². The third kappa shape index (κ3) is 3.85. The topological polar surface area (TPSA) is 77.1 Å². The number of H-pyrrole nitrogens is 1. The average molecular weight is 432 g/mol. The number of aromatic amines is 1. The zero-order valence-electron chi connectivity index (χ0n) is 18.1. The van der Waals surface area contributed by atoms with E-state index >= 15 is 0 Å². The van der Waals surface area contributed by atoms with Gasteiger partial charge in [-0.1, -0.05) is 30.3 Å². The molecule has 1 aliphatic heterocycles. The van der Waals surface area contributed by atoms with Crippen LogP contribution in [0.1, 0.15) is 29.8 Å². The van der Waals surface area contributed by atoms with Gasteiger partial charge >= 0.3 is 0 Å². The van der Waals surface area contributed by atoms with Crippen molar-refractivity contribution in [1.29, 1.82) is 0 Å². The van der Waals surface area contributed by atoms with Crippen LogP contribution in [0, 0.1) is 12.7 Å². The molecule has 2 aromatic carbocycles. The first-order valence-corrected chi connectivity index (χ1v) is 10.9. The number of fused-ring (bicyclic) bond motifs is 1. The lowest BCUT2D eigenvalue weighted by Gasteiger charge is -2.39. The number of benzene rings is 2. The van der Waals surface area contributed by atoms with Gasteiger partial charge in [0.25, 0.3) is 0 Å². The van der Waals surface area contributed by atoms with Gasteiger partial charge in [0.05, 0.1) is 11.4 Å². The van der Waals surface area contributed by atoms with Crippen molar-refractivity contribution in [1.82, 2.24) is 25.4 Å². The van der Waals surface area contributed by atoms with E-state index in [9.17, 15) is 9.50 Å². The number of piperazine rings is 1. The molecule has 0 bridgehead atoms. The van der Waals surface area contributed by atoms with Crippen molar-refractivity contribution in [2.45, 2.75) is 32.5 Å². The maximum atomic E-state index is 14.6. The Labute approximate surface area is 186 Å². The molecule has 164 valence electrons. The molecule has 32 heavy (non-hydrogen) atoms. The van der Waals surface area contributed by atoms with Crippen molar-refractivity contribution in [3.05, 3.63) is 77.2 Å². The SMILES string of the molecule is Cc1n[nH]c2nc(-c3ccc(O)cc3F)cc(CN3C[C@H](c4ccccc4)NC[C@H]3C)c12. The van der Waals surface area contributed by atoms with E-state index in [0.717, 1.165) is 35.8 Å². The van der Waals surface area contributed by atoms with Crippen LogP contribution in [-0.2, 0) is 6.54 Å². The predicted molar refractivity (Wildman–Crippen MR) is 123 cm³/mol. The third-order valence-electron chi connectivity index (χ3n) is 6.30. The summed E-state index contributed by atoms with van der Waals surface area (Å²) in [7, 11) is 0. The minimum absolute atomic E-state index is 0.105. The number of aromatic hydroxyl groups is 1. The van der Waals surface area contributed by atoms with Crippen molar-refractivity contribution in [3.63, 3.8) is 0 Å². The van der Waals surface area contributed by atoms with Crippen molar-refractivity contribution in [2.75, 3.05) is 13.1 Å². The number of aryl methyl sites for hydroxylation is 1. The monoisotopic (exact) mass is 431 g/mol. The molecule has 5 rings (SSSR count). The molecular weight excluding hydrogens is 405 g/mol. The van der Waals surface area contributed by atoms with Crippen LogP contribution in [0.2, 0.25) is 0 Å². The summed E-state index contributed by atoms with van der Waals surface area (Å²) in [6, 6.07) is 17.2. The second-order valence-electron chi connectivity index (χ2n) is 8.51. The Morgan fingerprint density at radius 3 is 2.75 bits per heavy atom. The largest absolute Gasteiger partial charge is 0.508 e. The molecule has 3 N–H and O–H groups in total. The first-order chi connectivity index (χ1) is 15.5. The number of hydrogen-bond donors (Lipinski definition) is 3. The molecule has 0 saturated carbocycles. The molecule has 0 spiro atoms. The second kappa shape index (κ2) is 8.33. The van der Waals surface area contributed by atoms with E-state index in [1.807, 2.05) is 19.1 Å². The van der Waals surface area contributed by atoms with Crippen molar-refractivity contribution >= 4 is 11.0 Å². The Balaban J connectivity index is 1.52. The Kier molecular flexibility index (Phi) is 5.36. The maximum absolute atomic E-state index is 14.6. The summed E-state index contributed by atoms with van der Waals surface area (Å²) in [6.45, 7) is 6.64. The fourth-order valence-corrected chi connectivity index (χ4v) is 4.52. The maximum Gasteiger partial charge on any atom is 0.156 e. The summed E-state index contributed by atoms with van der Waals surface area (Å²) < 4.78 is 14.6. The summed E-state index contributed by atoms with van der Waals surface area (Å²) in [5, 5.41) is 21.6. The average Bonchev–Trinajstić information content (AvgIpc) is 3.17. The van der Waals surface area contributed by atoms with E-state index in [-0.39, 0.29) is 11.8 Å². The third-order valence-corrected chi connectivity index (χ3v) is 6.30. The first-order valence-electron chi connectivity index (χ1n) is 10.9. The highest BCUT2D eigenvalue weighted by molar-refractivity contribution is 5.84. The normalized spacial score (nSPS) is 19.5. The Morgan fingerprint density at radius 1 is 1.16 bits per heavy atom. The van der Waals surface area contributed by atoms with Gasteiger partial charge in [-0.25, -0.2) is 9.37 Å². The fraction of sp³-hybridized carbons (Fsp3) is 0.280. The zero-order valence-corrected chi connectivity index (χ0v) is 18.1. The molecule has 2 atom stereocenters. The van der Waals surface area contributed by atoms with Crippen LogP contribution in [0.25, 0.3) is 22.3 Å². The Bertz CT molecular complexity index is 1260. The van der Waals surface area contributed by atoms with E-state index in [2.05, 4.69) is 56.6 Å². The number of halogens is 1. The number of pyridine rings is 1. The predicted octanol–water partition coefficient (Wildman–Crippen LogP) is 4.31. The van der Waals surface area contributed by atoms with Gasteiger partial charge in [0.2, 0.25) is 0 Å². The number of phenols is 1. The molecule has 3 heterocycles. The van der Waals surface area contributed by atoms with Crippen LogP contribution in [-0.4, -0.2) is 44.3 Å². The number of hydrogen-bond acceptors (Lipinski definition) is 5. The molecule has 0 amide bonds. The minimum atomic E-state index is -0.501. The highest BCUT2D eigenvalue weighted by Gasteiger charge is 2.27. The molecule has 0 radical (unpaired) electrons. The number of nitrogens with one attached hydrogen (secondary N) is 2. The van der Waals surface area contributed by atoms with Gasteiger partial charge < -0.3 is 10.4 Å². The van der Waals surface area contributed by atoms with E-state index in [0.29, 0.717) is 29.5 Å². The van der Waals surface area contributed by atoms with E-state index < -0.39 is 5.82 Å². The molecule has 7 heteroatoms. The quantitative estimate of drug-likeness (QED) is 0.449. The summed E-state index contributed by atoms with van der Waals surface area (Å²) in [4.78, 5) is 7.07. The smallest absolute Gasteiger partial charge is 0.156 e. The number of nitrogens with zero attached hydrogens (tertiary/aromatic N) is 3. The summed E-state index contributed by atoms with van der Waals surface area (Å²) >= 11 is 0. The van der Waals surface area contributed by atoms with Crippen molar-refractivity contribution in [3.8, 4) is 17.0 Å². The highest BCUT2D eigenvalue weighted by atomic mass is 19.1. The Morgan fingerprint density at radius 2 is 1.97 bits per heavy atom. The molecule has 1 saturated heterocycles. The molecule has 2 aromatic heterocycles. The number of aromatic nitrogens is 3. The molecular formula is C25H26FN5O. The lowest BCUT2D eigenvalue weighted by molar-refractivity contribution is 0.134. The fourth-order valence-electron chi connectivity index (χ4n) is 4.52. The summed E-state index contributed by atoms with van der Waals surface area (Å²) in [6.07, 6.45) is 0. The molecule has 0 aliphatic carbocycles. The summed E-state index contributed by atoms with van der Waals surface area (Å²) in [5.41, 5.74) is 4.73. The van der Waals surface area contributed by atoms with Crippen LogP contribution in [0.5, 0.6) is 5.75 Å². The lowest BCUT2D eigenvalue weighted by atomic mass is 10.00. The number of phenolic OH excluding ortho intramolecular Hbond substituents is 1. The highest BCUT2D eigenvalue weighted by Crippen LogP contribution is 2.31. The minimum Gasteiger partial charge on any atom is -0.508 e. The molecule has 0 unspecified atom stereocenters. The molecule has 1 fully saturated rings. The van der Waals surface area contributed by atoms with Gasteiger partial charge in [0.1, 0.15) is 11.6 Å². The van der Waals surface area contributed by atoms with Crippen molar-refractivity contribution < 1.29 is 9.50 Å².